The summed E-state index contributed by atoms with van der Waals surface area (Å²) >= 11 is 0. The van der Waals surface area contributed by atoms with E-state index in [1.165, 1.54) is 32.1 Å². The van der Waals surface area contributed by atoms with Crippen LogP contribution in [0.2, 0.25) is 0 Å². The molecule has 0 N–H and O–H groups in total. The van der Waals surface area contributed by atoms with Crippen LogP contribution in [0.15, 0.2) is 30.3 Å². The number of carbonyl (C=O) groups is 1. The van der Waals surface area contributed by atoms with Gasteiger partial charge in [-0.15, -0.1) is 0 Å². The zero-order valence-electron chi connectivity index (χ0n) is 12.0. The van der Waals surface area contributed by atoms with Gasteiger partial charge in [-0.25, -0.2) is 0 Å². The summed E-state index contributed by atoms with van der Waals surface area (Å²) in [4.78, 5) is 14.2. The van der Waals surface area contributed by atoms with Gasteiger partial charge in [-0.05, 0) is 31.4 Å². The van der Waals surface area contributed by atoms with Gasteiger partial charge in [0.15, 0.2) is 0 Å². The molecule has 2 heteroatoms. The summed E-state index contributed by atoms with van der Waals surface area (Å²) in [5.74, 6) is 1.06. The lowest BCUT2D eigenvalue weighted by atomic mass is 9.86. The van der Waals surface area contributed by atoms with Gasteiger partial charge in [0.1, 0.15) is 0 Å². The van der Waals surface area contributed by atoms with Crippen LogP contribution < -0.4 is 4.90 Å². The van der Waals surface area contributed by atoms with Crippen molar-refractivity contribution in [1.29, 1.82) is 0 Å². The molecule has 0 radical (unpaired) electrons. The molecule has 0 saturated heterocycles. The normalized spacial score (nSPS) is 16.3. The summed E-state index contributed by atoms with van der Waals surface area (Å²) in [6, 6.07) is 10.0. The minimum Gasteiger partial charge on any atom is -0.313 e. The van der Waals surface area contributed by atoms with Crippen LogP contribution >= 0.6 is 0 Å². The number of carbonyl (C=O) groups excluding carboxylic acids is 1. The largest absolute Gasteiger partial charge is 0.313 e. The highest BCUT2D eigenvalue weighted by molar-refractivity contribution is 5.93. The first-order valence-electron chi connectivity index (χ1n) is 7.66. The quantitative estimate of drug-likeness (QED) is 0.767. The van der Waals surface area contributed by atoms with Crippen LogP contribution in [0.3, 0.4) is 0 Å². The van der Waals surface area contributed by atoms with Crippen LogP contribution in [0, 0.1) is 5.92 Å². The van der Waals surface area contributed by atoms with E-state index in [4.69, 9.17) is 0 Å². The van der Waals surface area contributed by atoms with Crippen LogP contribution in [0.4, 0.5) is 5.69 Å². The van der Waals surface area contributed by atoms with E-state index in [1.807, 2.05) is 42.2 Å². The van der Waals surface area contributed by atoms with E-state index in [0.29, 0.717) is 6.42 Å². The van der Waals surface area contributed by atoms with Gasteiger partial charge < -0.3 is 4.90 Å². The van der Waals surface area contributed by atoms with Crippen molar-refractivity contribution < 1.29 is 4.79 Å². The van der Waals surface area contributed by atoms with Crippen molar-refractivity contribution in [2.75, 3.05) is 11.4 Å². The maximum Gasteiger partial charge on any atom is 0.226 e. The molecule has 2 rings (SSSR count). The molecule has 1 aromatic rings. The molecular weight excluding hydrogens is 234 g/mol. The van der Waals surface area contributed by atoms with Crippen molar-refractivity contribution in [3.63, 3.8) is 0 Å². The second-order valence-electron chi connectivity index (χ2n) is 5.52. The number of rotatable bonds is 5. The first-order valence-corrected chi connectivity index (χ1v) is 7.66. The van der Waals surface area contributed by atoms with Gasteiger partial charge in [0.05, 0.1) is 0 Å². The highest BCUT2D eigenvalue weighted by Crippen LogP contribution is 2.27. The van der Waals surface area contributed by atoms with Gasteiger partial charge in [0.2, 0.25) is 5.91 Å². The molecule has 0 aromatic heterocycles. The lowest BCUT2D eigenvalue weighted by Crippen LogP contribution is -2.30. The summed E-state index contributed by atoms with van der Waals surface area (Å²) in [5, 5.41) is 0. The van der Waals surface area contributed by atoms with Crippen molar-refractivity contribution in [2.45, 2.75) is 51.9 Å². The fourth-order valence-electron chi connectivity index (χ4n) is 3.05. The van der Waals surface area contributed by atoms with E-state index in [9.17, 15) is 4.79 Å². The molecule has 19 heavy (non-hydrogen) atoms. The van der Waals surface area contributed by atoms with Crippen LogP contribution in [-0.2, 0) is 4.79 Å². The molecule has 1 saturated carbocycles. The number of hydrogen-bond acceptors (Lipinski definition) is 1. The van der Waals surface area contributed by atoms with Gasteiger partial charge >= 0.3 is 0 Å². The smallest absolute Gasteiger partial charge is 0.226 e. The van der Waals surface area contributed by atoms with E-state index >= 15 is 0 Å². The number of para-hydroxylation sites is 1. The Labute approximate surface area is 116 Å². The third-order valence-electron chi connectivity index (χ3n) is 4.18. The Hall–Kier alpha value is -1.31. The maximum atomic E-state index is 12.3. The molecule has 104 valence electrons. The summed E-state index contributed by atoms with van der Waals surface area (Å²) in [5.41, 5.74) is 1.03. The number of hydrogen-bond donors (Lipinski definition) is 0. The van der Waals surface area contributed by atoms with Crippen LogP contribution in [0.1, 0.15) is 51.9 Å². The number of anilines is 1. The van der Waals surface area contributed by atoms with Crippen molar-refractivity contribution in [3.05, 3.63) is 30.3 Å². The Kier molecular flexibility index (Phi) is 5.44. The predicted octanol–water partition coefficient (Wildman–Crippen LogP) is 4.40. The molecule has 0 unspecified atom stereocenters. The highest BCUT2D eigenvalue weighted by atomic mass is 16.2. The van der Waals surface area contributed by atoms with Gasteiger partial charge in [0, 0.05) is 18.7 Å². The molecule has 1 aliphatic carbocycles. The lowest BCUT2D eigenvalue weighted by molar-refractivity contribution is -0.118. The first-order chi connectivity index (χ1) is 9.31. The zero-order valence-corrected chi connectivity index (χ0v) is 12.0. The summed E-state index contributed by atoms with van der Waals surface area (Å²) in [6.45, 7) is 2.80. The summed E-state index contributed by atoms with van der Waals surface area (Å²) in [7, 11) is 0. The predicted molar refractivity (Wildman–Crippen MR) is 80.3 cm³/mol. The first kappa shape index (κ1) is 14.1. The third kappa shape index (κ3) is 4.09. The number of amides is 1. The molecule has 0 atom stereocenters. The highest BCUT2D eigenvalue weighted by Gasteiger charge is 2.18. The van der Waals surface area contributed by atoms with Gasteiger partial charge in [-0.1, -0.05) is 50.3 Å². The van der Waals surface area contributed by atoms with E-state index in [0.717, 1.165) is 24.6 Å². The van der Waals surface area contributed by atoms with Crippen molar-refractivity contribution >= 4 is 11.6 Å². The fourth-order valence-corrected chi connectivity index (χ4v) is 3.05. The van der Waals surface area contributed by atoms with Crippen LogP contribution in [-0.4, -0.2) is 12.5 Å². The molecule has 1 amide bonds. The maximum absolute atomic E-state index is 12.3. The SMILES string of the molecule is CCN(C(=O)CCC1CCCCC1)c1ccccc1. The second-order valence-corrected chi connectivity index (χ2v) is 5.52. The zero-order chi connectivity index (χ0) is 13.5. The monoisotopic (exact) mass is 259 g/mol. The van der Waals surface area contributed by atoms with Gasteiger partial charge in [-0.2, -0.15) is 0 Å². The lowest BCUT2D eigenvalue weighted by Gasteiger charge is -2.24. The van der Waals surface area contributed by atoms with Gasteiger partial charge in [-0.3, -0.25) is 4.79 Å². The summed E-state index contributed by atoms with van der Waals surface area (Å²) < 4.78 is 0. The van der Waals surface area contributed by atoms with E-state index < -0.39 is 0 Å². The minimum atomic E-state index is 0.277. The van der Waals surface area contributed by atoms with Crippen molar-refractivity contribution in [1.82, 2.24) is 0 Å². The van der Waals surface area contributed by atoms with Crippen LogP contribution in [0.5, 0.6) is 0 Å². The fraction of sp³-hybridized carbons (Fsp3) is 0.588. The topological polar surface area (TPSA) is 20.3 Å². The Bertz CT molecular complexity index is 382. The van der Waals surface area contributed by atoms with E-state index in [1.54, 1.807) is 0 Å². The molecule has 0 heterocycles. The Balaban J connectivity index is 1.86. The average Bonchev–Trinajstić information content (AvgIpc) is 2.48. The molecular formula is C17H25NO. The molecule has 2 nitrogen and oxygen atoms in total. The van der Waals surface area contributed by atoms with Crippen LogP contribution in [0.25, 0.3) is 0 Å². The van der Waals surface area contributed by atoms with Gasteiger partial charge in [0.25, 0.3) is 0 Å². The Morgan fingerprint density at radius 1 is 1.16 bits per heavy atom. The average molecular weight is 259 g/mol. The third-order valence-corrected chi connectivity index (χ3v) is 4.18. The summed E-state index contributed by atoms with van der Waals surface area (Å²) in [6.07, 6.45) is 8.52. The van der Waals surface area contributed by atoms with E-state index in [2.05, 4.69) is 0 Å². The molecule has 1 fully saturated rings. The number of benzene rings is 1. The standard InChI is InChI=1S/C17H25NO/c1-2-18(16-11-7-4-8-12-16)17(19)14-13-15-9-5-3-6-10-15/h4,7-8,11-12,15H,2-3,5-6,9-10,13-14H2,1H3. The molecule has 1 aromatic carbocycles. The molecule has 0 aliphatic heterocycles. The molecule has 0 bridgehead atoms. The Morgan fingerprint density at radius 3 is 2.47 bits per heavy atom. The van der Waals surface area contributed by atoms with Crippen molar-refractivity contribution in [2.24, 2.45) is 5.92 Å². The van der Waals surface area contributed by atoms with Crippen molar-refractivity contribution in [3.8, 4) is 0 Å². The molecule has 0 spiro atoms. The number of nitrogens with zero attached hydrogens (tertiary/aromatic N) is 1. The minimum absolute atomic E-state index is 0.277. The molecule has 1 aliphatic rings. The Morgan fingerprint density at radius 2 is 1.84 bits per heavy atom. The second kappa shape index (κ2) is 7.32. The van der Waals surface area contributed by atoms with E-state index in [-0.39, 0.29) is 5.91 Å².